The Kier molecular flexibility index (Phi) is 4.92. The van der Waals surface area contributed by atoms with Crippen LogP contribution in [0, 0.1) is 0 Å². The number of carbonyl (C=O) groups is 1. The zero-order valence-corrected chi connectivity index (χ0v) is 15.0. The number of primary sulfonamides is 1. The Hall–Kier alpha value is -2.90. The van der Waals surface area contributed by atoms with Crippen LogP contribution in [0.25, 0.3) is 5.69 Å². The Bertz CT molecular complexity index is 993. The first kappa shape index (κ1) is 17.9. The summed E-state index contributed by atoms with van der Waals surface area (Å²) in [6, 6.07) is 17.0. The first-order valence-electron chi connectivity index (χ1n) is 8.01. The quantitative estimate of drug-likeness (QED) is 0.724. The fraction of sp³-hybridized carbons (Fsp3) is 0.105. The molecule has 0 fully saturated rings. The van der Waals surface area contributed by atoms with E-state index < -0.39 is 10.0 Å². The van der Waals surface area contributed by atoms with Crippen LogP contribution in [0.2, 0.25) is 0 Å². The van der Waals surface area contributed by atoms with Gasteiger partial charge in [0.05, 0.1) is 10.9 Å². The number of sulfonamides is 1. The highest BCUT2D eigenvalue weighted by molar-refractivity contribution is 7.89. The molecule has 6 nitrogen and oxygen atoms in total. The average molecular weight is 369 g/mol. The van der Waals surface area contributed by atoms with Crippen LogP contribution in [0.1, 0.15) is 28.9 Å². The highest BCUT2D eigenvalue weighted by Gasteiger charge is 2.13. The van der Waals surface area contributed by atoms with Gasteiger partial charge in [0, 0.05) is 23.6 Å². The Balaban J connectivity index is 1.69. The zero-order chi connectivity index (χ0) is 18.7. The number of carbonyl (C=O) groups excluding carboxylic acids is 1. The van der Waals surface area contributed by atoms with Crippen molar-refractivity contribution < 1.29 is 13.2 Å². The molecule has 2 aromatic carbocycles. The molecule has 0 saturated heterocycles. The molecule has 0 saturated carbocycles. The number of aromatic nitrogens is 1. The summed E-state index contributed by atoms with van der Waals surface area (Å²) in [6.07, 6.45) is 3.87. The van der Waals surface area contributed by atoms with Crippen LogP contribution in [-0.2, 0) is 10.0 Å². The van der Waals surface area contributed by atoms with Crippen molar-refractivity contribution in [2.45, 2.75) is 17.9 Å². The average Bonchev–Trinajstić information content (AvgIpc) is 3.16. The molecule has 26 heavy (non-hydrogen) atoms. The Morgan fingerprint density at radius 2 is 1.58 bits per heavy atom. The molecule has 3 rings (SSSR count). The Morgan fingerprint density at radius 1 is 1.00 bits per heavy atom. The van der Waals surface area contributed by atoms with E-state index >= 15 is 0 Å². The Morgan fingerprint density at radius 3 is 2.12 bits per heavy atom. The number of nitrogens with two attached hydrogens (primary N) is 1. The molecule has 0 spiro atoms. The summed E-state index contributed by atoms with van der Waals surface area (Å²) in [5.74, 6) is -0.202. The van der Waals surface area contributed by atoms with Crippen molar-refractivity contribution in [2.24, 2.45) is 5.14 Å². The van der Waals surface area contributed by atoms with Gasteiger partial charge >= 0.3 is 0 Å². The smallest absolute Gasteiger partial charge is 0.251 e. The summed E-state index contributed by atoms with van der Waals surface area (Å²) >= 11 is 0. The van der Waals surface area contributed by atoms with Gasteiger partial charge in [0.1, 0.15) is 0 Å². The van der Waals surface area contributed by atoms with Crippen molar-refractivity contribution in [3.8, 4) is 5.69 Å². The van der Waals surface area contributed by atoms with Crippen molar-refractivity contribution in [3.05, 3.63) is 84.2 Å². The first-order chi connectivity index (χ1) is 12.3. The van der Waals surface area contributed by atoms with Crippen molar-refractivity contribution in [1.29, 1.82) is 0 Å². The maximum absolute atomic E-state index is 12.4. The second kappa shape index (κ2) is 7.15. The molecule has 3 aromatic rings. The van der Waals surface area contributed by atoms with Gasteiger partial charge in [-0.1, -0.05) is 12.1 Å². The van der Waals surface area contributed by atoms with E-state index in [9.17, 15) is 13.2 Å². The van der Waals surface area contributed by atoms with E-state index in [1.165, 1.54) is 12.1 Å². The topological polar surface area (TPSA) is 94.2 Å². The molecule has 1 heterocycles. The molecule has 1 unspecified atom stereocenters. The lowest BCUT2D eigenvalue weighted by atomic mass is 10.1. The fourth-order valence-corrected chi connectivity index (χ4v) is 3.12. The summed E-state index contributed by atoms with van der Waals surface area (Å²) < 4.78 is 24.5. The number of nitrogens with zero attached hydrogens (tertiary/aromatic N) is 1. The highest BCUT2D eigenvalue weighted by Crippen LogP contribution is 2.17. The van der Waals surface area contributed by atoms with Crippen molar-refractivity contribution in [3.63, 3.8) is 0 Å². The minimum Gasteiger partial charge on any atom is -0.346 e. The van der Waals surface area contributed by atoms with E-state index in [0.717, 1.165) is 11.3 Å². The van der Waals surface area contributed by atoms with Crippen LogP contribution >= 0.6 is 0 Å². The molecule has 1 amide bonds. The van der Waals surface area contributed by atoms with Crippen LogP contribution in [0.15, 0.2) is 78.0 Å². The summed E-state index contributed by atoms with van der Waals surface area (Å²) in [6.45, 7) is 1.83. The number of rotatable bonds is 5. The third-order valence-electron chi connectivity index (χ3n) is 4.09. The van der Waals surface area contributed by atoms with Crippen LogP contribution in [-0.4, -0.2) is 18.9 Å². The maximum Gasteiger partial charge on any atom is 0.251 e. The van der Waals surface area contributed by atoms with Gasteiger partial charge in [0.2, 0.25) is 10.0 Å². The zero-order valence-electron chi connectivity index (χ0n) is 14.2. The lowest BCUT2D eigenvalue weighted by Crippen LogP contribution is -2.26. The van der Waals surface area contributed by atoms with E-state index in [1.807, 2.05) is 48.1 Å². The van der Waals surface area contributed by atoms with Crippen LogP contribution < -0.4 is 10.5 Å². The molecule has 3 N–H and O–H groups in total. The largest absolute Gasteiger partial charge is 0.346 e. The number of nitrogens with one attached hydrogen (secondary N) is 1. The van der Waals surface area contributed by atoms with Gasteiger partial charge in [-0.15, -0.1) is 0 Å². The number of benzene rings is 2. The lowest BCUT2D eigenvalue weighted by Gasteiger charge is -2.15. The van der Waals surface area contributed by atoms with Gasteiger partial charge in [-0.3, -0.25) is 4.79 Å². The molecule has 0 aliphatic carbocycles. The fourth-order valence-electron chi connectivity index (χ4n) is 2.60. The third-order valence-corrected chi connectivity index (χ3v) is 5.02. The Labute approximate surface area is 152 Å². The molecule has 0 radical (unpaired) electrons. The van der Waals surface area contributed by atoms with E-state index in [2.05, 4.69) is 5.32 Å². The van der Waals surface area contributed by atoms with Gasteiger partial charge in [0.25, 0.3) is 5.91 Å². The predicted molar refractivity (Wildman–Crippen MR) is 99.5 cm³/mol. The second-order valence-corrected chi connectivity index (χ2v) is 7.51. The van der Waals surface area contributed by atoms with Crippen LogP contribution in [0.3, 0.4) is 0 Å². The first-order valence-corrected chi connectivity index (χ1v) is 9.56. The van der Waals surface area contributed by atoms with Crippen LogP contribution in [0.4, 0.5) is 0 Å². The van der Waals surface area contributed by atoms with Gasteiger partial charge in [-0.2, -0.15) is 0 Å². The minimum absolute atomic E-state index is 0.0420. The molecule has 0 aliphatic rings. The minimum atomic E-state index is -3.72. The third kappa shape index (κ3) is 4.01. The summed E-state index contributed by atoms with van der Waals surface area (Å²) in [5.41, 5.74) is 2.31. The standard InChI is InChI=1S/C19H19N3O3S/c1-14(15-6-10-18(11-7-15)26(20,24)25)21-19(23)16-4-8-17(9-5-16)22-12-2-3-13-22/h2-14H,1H3,(H,21,23)(H2,20,24,25). The summed E-state index contributed by atoms with van der Waals surface area (Å²) in [7, 11) is -3.72. The molecule has 0 bridgehead atoms. The summed E-state index contributed by atoms with van der Waals surface area (Å²) in [4.78, 5) is 12.5. The van der Waals surface area contributed by atoms with Gasteiger partial charge in [-0.25, -0.2) is 13.6 Å². The normalized spacial score (nSPS) is 12.5. The number of hydrogen-bond acceptors (Lipinski definition) is 3. The van der Waals surface area contributed by atoms with Crippen molar-refractivity contribution in [1.82, 2.24) is 9.88 Å². The molecule has 134 valence electrons. The van der Waals surface area contributed by atoms with Gasteiger partial charge in [0.15, 0.2) is 0 Å². The summed E-state index contributed by atoms with van der Waals surface area (Å²) in [5, 5.41) is 7.99. The number of amides is 1. The highest BCUT2D eigenvalue weighted by atomic mass is 32.2. The molecule has 0 aliphatic heterocycles. The van der Waals surface area contributed by atoms with Crippen LogP contribution in [0.5, 0.6) is 0 Å². The predicted octanol–water partition coefficient (Wildman–Crippen LogP) is 2.62. The molecule has 1 aromatic heterocycles. The van der Waals surface area contributed by atoms with E-state index in [-0.39, 0.29) is 16.8 Å². The van der Waals surface area contributed by atoms with Crippen molar-refractivity contribution in [2.75, 3.05) is 0 Å². The van der Waals surface area contributed by atoms with E-state index in [4.69, 9.17) is 5.14 Å². The molecular weight excluding hydrogens is 350 g/mol. The van der Waals surface area contributed by atoms with E-state index in [1.54, 1.807) is 24.3 Å². The second-order valence-electron chi connectivity index (χ2n) is 5.95. The molecule has 1 atom stereocenters. The SMILES string of the molecule is CC(NC(=O)c1ccc(-n2cccc2)cc1)c1ccc(S(N)(=O)=O)cc1. The van der Waals surface area contributed by atoms with Gasteiger partial charge in [-0.05, 0) is 61.0 Å². The lowest BCUT2D eigenvalue weighted by molar-refractivity contribution is 0.0940. The molecular formula is C19H19N3O3S. The maximum atomic E-state index is 12.4. The monoisotopic (exact) mass is 369 g/mol. The molecule has 7 heteroatoms. The van der Waals surface area contributed by atoms with Gasteiger partial charge < -0.3 is 9.88 Å². The van der Waals surface area contributed by atoms with E-state index in [0.29, 0.717) is 5.56 Å². The number of hydrogen-bond donors (Lipinski definition) is 2. The van der Waals surface area contributed by atoms with Crippen molar-refractivity contribution >= 4 is 15.9 Å².